The van der Waals surface area contributed by atoms with E-state index in [0.717, 1.165) is 16.9 Å². The van der Waals surface area contributed by atoms with Crippen molar-refractivity contribution in [2.45, 2.75) is 13.0 Å². The van der Waals surface area contributed by atoms with Gasteiger partial charge in [0.1, 0.15) is 5.75 Å². The lowest BCUT2D eigenvalue weighted by molar-refractivity contribution is 0.174. The SMILES string of the molecule is COc1cc(OC)c(OC)cc1CCNC(=O)NCc1ccc2c(c1)OCO2. The summed E-state index contributed by atoms with van der Waals surface area (Å²) in [6, 6.07) is 8.95. The number of ether oxygens (including phenoxy) is 5. The number of carbonyl (C=O) groups excluding carboxylic acids is 1. The first kappa shape index (κ1) is 19.5. The molecule has 8 heteroatoms. The fourth-order valence-electron chi connectivity index (χ4n) is 2.89. The molecule has 0 radical (unpaired) electrons. The third-order valence-electron chi connectivity index (χ3n) is 4.36. The Morgan fingerprint density at radius 2 is 1.64 bits per heavy atom. The second-order valence-electron chi connectivity index (χ2n) is 6.07. The summed E-state index contributed by atoms with van der Waals surface area (Å²) < 4.78 is 26.6. The monoisotopic (exact) mass is 388 g/mol. The summed E-state index contributed by atoms with van der Waals surface area (Å²) in [6.45, 7) is 1.06. The van der Waals surface area contributed by atoms with Crippen LogP contribution in [0.1, 0.15) is 11.1 Å². The van der Waals surface area contributed by atoms with Gasteiger partial charge in [0.2, 0.25) is 6.79 Å². The minimum atomic E-state index is -0.253. The van der Waals surface area contributed by atoms with Crippen LogP contribution in [-0.2, 0) is 13.0 Å². The van der Waals surface area contributed by atoms with Crippen LogP contribution in [0, 0.1) is 0 Å². The molecule has 150 valence electrons. The van der Waals surface area contributed by atoms with Gasteiger partial charge in [-0.15, -0.1) is 0 Å². The molecular formula is C20H24N2O6. The van der Waals surface area contributed by atoms with Crippen LogP contribution < -0.4 is 34.3 Å². The van der Waals surface area contributed by atoms with Gasteiger partial charge in [-0.05, 0) is 35.7 Å². The molecule has 8 nitrogen and oxygen atoms in total. The summed E-state index contributed by atoms with van der Waals surface area (Å²) in [7, 11) is 4.75. The van der Waals surface area contributed by atoms with E-state index >= 15 is 0 Å². The number of urea groups is 1. The molecule has 0 saturated heterocycles. The number of amides is 2. The van der Waals surface area contributed by atoms with Gasteiger partial charge in [-0.25, -0.2) is 4.79 Å². The van der Waals surface area contributed by atoms with E-state index in [4.69, 9.17) is 23.7 Å². The van der Waals surface area contributed by atoms with Gasteiger partial charge in [-0.1, -0.05) is 6.07 Å². The summed E-state index contributed by atoms with van der Waals surface area (Å²) >= 11 is 0. The summed E-state index contributed by atoms with van der Waals surface area (Å²) in [6.07, 6.45) is 0.584. The van der Waals surface area contributed by atoms with E-state index in [-0.39, 0.29) is 12.8 Å². The maximum absolute atomic E-state index is 12.1. The van der Waals surface area contributed by atoms with Gasteiger partial charge in [0, 0.05) is 19.2 Å². The standard InChI is InChI=1S/C20H24N2O6/c1-24-16-10-18(26-3)17(25-2)9-14(16)6-7-21-20(23)22-11-13-4-5-15-19(8-13)28-12-27-15/h4-5,8-10H,6-7,11-12H2,1-3H3,(H2,21,22,23). The number of benzene rings is 2. The Morgan fingerprint density at radius 3 is 2.39 bits per heavy atom. The third-order valence-corrected chi connectivity index (χ3v) is 4.36. The van der Waals surface area contributed by atoms with Crippen molar-refractivity contribution < 1.29 is 28.5 Å². The molecule has 0 saturated carbocycles. The minimum Gasteiger partial charge on any atom is -0.496 e. The molecule has 2 amide bonds. The number of methoxy groups -OCH3 is 3. The molecule has 0 bridgehead atoms. The zero-order valence-electron chi connectivity index (χ0n) is 16.2. The average Bonchev–Trinajstić information content (AvgIpc) is 3.19. The molecule has 0 aromatic heterocycles. The number of hydrogen-bond acceptors (Lipinski definition) is 6. The lowest BCUT2D eigenvalue weighted by Gasteiger charge is -2.14. The summed E-state index contributed by atoms with van der Waals surface area (Å²) in [5.74, 6) is 3.31. The quantitative estimate of drug-likeness (QED) is 0.723. The van der Waals surface area contributed by atoms with Crippen LogP contribution in [0.2, 0.25) is 0 Å². The first-order valence-corrected chi connectivity index (χ1v) is 8.83. The Morgan fingerprint density at radius 1 is 0.929 bits per heavy atom. The van der Waals surface area contributed by atoms with Crippen molar-refractivity contribution in [1.29, 1.82) is 0 Å². The Kier molecular flexibility index (Phi) is 6.31. The second-order valence-corrected chi connectivity index (χ2v) is 6.07. The molecule has 2 aromatic carbocycles. The van der Waals surface area contributed by atoms with Gasteiger partial charge in [0.25, 0.3) is 0 Å². The highest BCUT2D eigenvalue weighted by Gasteiger charge is 2.14. The van der Waals surface area contributed by atoms with Crippen LogP contribution in [0.25, 0.3) is 0 Å². The summed E-state index contributed by atoms with van der Waals surface area (Å²) in [5, 5.41) is 5.66. The van der Waals surface area contributed by atoms with E-state index in [1.54, 1.807) is 27.4 Å². The zero-order valence-corrected chi connectivity index (χ0v) is 16.2. The van der Waals surface area contributed by atoms with Crippen molar-refractivity contribution in [2.24, 2.45) is 0 Å². The Bertz CT molecular complexity index is 840. The molecule has 2 N–H and O–H groups in total. The van der Waals surface area contributed by atoms with Crippen molar-refractivity contribution in [3.05, 3.63) is 41.5 Å². The van der Waals surface area contributed by atoms with Crippen LogP contribution >= 0.6 is 0 Å². The predicted molar refractivity (Wildman–Crippen MR) is 103 cm³/mol. The molecule has 3 rings (SSSR count). The van der Waals surface area contributed by atoms with Gasteiger partial charge in [-0.2, -0.15) is 0 Å². The molecule has 0 atom stereocenters. The molecule has 2 aromatic rings. The Labute approximate surface area is 163 Å². The summed E-state index contributed by atoms with van der Waals surface area (Å²) in [5.41, 5.74) is 1.84. The van der Waals surface area contributed by atoms with E-state index in [2.05, 4.69) is 10.6 Å². The molecule has 0 fully saturated rings. The summed E-state index contributed by atoms with van der Waals surface area (Å²) in [4.78, 5) is 12.1. The van der Waals surface area contributed by atoms with Gasteiger partial charge in [-0.3, -0.25) is 0 Å². The van der Waals surface area contributed by atoms with Crippen LogP contribution in [-0.4, -0.2) is 40.7 Å². The normalized spacial score (nSPS) is 11.7. The van der Waals surface area contributed by atoms with E-state index in [1.165, 1.54) is 0 Å². The number of nitrogens with one attached hydrogen (secondary N) is 2. The lowest BCUT2D eigenvalue weighted by Crippen LogP contribution is -2.36. The van der Waals surface area contributed by atoms with Crippen LogP contribution in [0.3, 0.4) is 0 Å². The maximum Gasteiger partial charge on any atom is 0.315 e. The smallest absolute Gasteiger partial charge is 0.315 e. The van der Waals surface area contributed by atoms with Crippen molar-refractivity contribution in [2.75, 3.05) is 34.7 Å². The highest BCUT2D eigenvalue weighted by atomic mass is 16.7. The van der Waals surface area contributed by atoms with E-state index in [0.29, 0.717) is 42.5 Å². The number of rotatable bonds is 8. The minimum absolute atomic E-state index is 0.228. The van der Waals surface area contributed by atoms with Crippen molar-refractivity contribution in [1.82, 2.24) is 10.6 Å². The Hall–Kier alpha value is -3.29. The van der Waals surface area contributed by atoms with Gasteiger partial charge in [0.05, 0.1) is 21.3 Å². The first-order valence-electron chi connectivity index (χ1n) is 8.83. The molecule has 0 aliphatic carbocycles. The first-order chi connectivity index (χ1) is 13.6. The van der Waals surface area contributed by atoms with Crippen LogP contribution in [0.4, 0.5) is 4.79 Å². The predicted octanol–water partition coefficient (Wildman–Crippen LogP) is 2.48. The topological polar surface area (TPSA) is 87.3 Å². The molecular weight excluding hydrogens is 364 g/mol. The van der Waals surface area contributed by atoms with Gasteiger partial charge in [0.15, 0.2) is 23.0 Å². The maximum atomic E-state index is 12.1. The van der Waals surface area contributed by atoms with Gasteiger partial charge >= 0.3 is 6.03 Å². The Balaban J connectivity index is 1.50. The van der Waals surface area contributed by atoms with Crippen molar-refractivity contribution in [3.63, 3.8) is 0 Å². The number of hydrogen-bond donors (Lipinski definition) is 2. The highest BCUT2D eigenvalue weighted by molar-refractivity contribution is 5.73. The van der Waals surface area contributed by atoms with E-state index in [1.807, 2.05) is 24.3 Å². The van der Waals surface area contributed by atoms with Crippen molar-refractivity contribution >= 4 is 6.03 Å². The number of carbonyl (C=O) groups is 1. The fraction of sp³-hybridized carbons (Fsp3) is 0.350. The highest BCUT2D eigenvalue weighted by Crippen LogP contribution is 2.35. The third kappa shape index (κ3) is 4.51. The lowest BCUT2D eigenvalue weighted by atomic mass is 10.1. The van der Waals surface area contributed by atoms with E-state index in [9.17, 15) is 4.79 Å². The zero-order chi connectivity index (χ0) is 19.9. The van der Waals surface area contributed by atoms with Crippen LogP contribution in [0.5, 0.6) is 28.7 Å². The molecule has 0 unspecified atom stereocenters. The molecule has 0 spiro atoms. The average molecular weight is 388 g/mol. The fourth-order valence-corrected chi connectivity index (χ4v) is 2.89. The second kappa shape index (κ2) is 9.07. The van der Waals surface area contributed by atoms with Crippen LogP contribution in [0.15, 0.2) is 30.3 Å². The van der Waals surface area contributed by atoms with E-state index < -0.39 is 0 Å². The molecule has 28 heavy (non-hydrogen) atoms. The molecule has 1 heterocycles. The van der Waals surface area contributed by atoms with Gasteiger partial charge < -0.3 is 34.3 Å². The van der Waals surface area contributed by atoms with Crippen molar-refractivity contribution in [3.8, 4) is 28.7 Å². The molecule has 1 aliphatic rings. The number of fused-ring (bicyclic) bond motifs is 1. The molecule has 1 aliphatic heterocycles. The largest absolute Gasteiger partial charge is 0.496 e.